The molecule has 1 fully saturated rings. The zero-order chi connectivity index (χ0) is 19.3. The van der Waals surface area contributed by atoms with Crippen LogP contribution in [0.1, 0.15) is 12.5 Å². The minimum Gasteiger partial charge on any atom is -0.481 e. The van der Waals surface area contributed by atoms with Gasteiger partial charge in [-0.05, 0) is 37.6 Å². The Morgan fingerprint density at radius 2 is 2.04 bits per heavy atom. The summed E-state index contributed by atoms with van der Waals surface area (Å²) < 4.78 is 45.6. The summed E-state index contributed by atoms with van der Waals surface area (Å²) in [6.45, 7) is 4.33. The van der Waals surface area contributed by atoms with Crippen LogP contribution in [0, 0.1) is 6.92 Å². The van der Waals surface area contributed by atoms with Crippen LogP contribution in [-0.4, -0.2) is 61.9 Å². The summed E-state index contributed by atoms with van der Waals surface area (Å²) in [5.41, 5.74) is 0.742. The Morgan fingerprint density at radius 1 is 1.38 bits per heavy atom. The van der Waals surface area contributed by atoms with Crippen molar-refractivity contribution in [1.82, 2.24) is 15.5 Å². The van der Waals surface area contributed by atoms with E-state index in [1.807, 2.05) is 0 Å². The molecular formula is C17H23ClF3N3O2. The van der Waals surface area contributed by atoms with Crippen molar-refractivity contribution in [3.8, 4) is 5.75 Å². The number of rotatable bonds is 6. The van der Waals surface area contributed by atoms with Crippen molar-refractivity contribution in [2.24, 2.45) is 0 Å². The van der Waals surface area contributed by atoms with Gasteiger partial charge in [0.2, 0.25) is 0 Å². The second kappa shape index (κ2) is 8.92. The molecule has 1 saturated heterocycles. The van der Waals surface area contributed by atoms with E-state index in [4.69, 9.17) is 16.3 Å². The number of benzene rings is 1. The second-order valence-corrected chi connectivity index (χ2v) is 6.69. The van der Waals surface area contributed by atoms with E-state index in [0.717, 1.165) is 5.56 Å². The number of nitrogens with one attached hydrogen (secondary N) is 2. The van der Waals surface area contributed by atoms with Crippen LogP contribution >= 0.6 is 11.6 Å². The standard InChI is InChI=1S/C17H23ClF3N3O2/c1-11-9-13(18)3-4-14(11)26-12(2)16(25)23-10-15(17(19,20)21)24-7-5-22-6-8-24/h3-4,9,12,15,22H,5-8,10H2,1-2H3,(H,23,25). The number of hydrogen-bond donors (Lipinski definition) is 2. The van der Waals surface area contributed by atoms with Crippen LogP contribution in [0.15, 0.2) is 18.2 Å². The number of piperazine rings is 1. The zero-order valence-corrected chi connectivity index (χ0v) is 15.5. The lowest BCUT2D eigenvalue weighted by atomic mass is 10.2. The van der Waals surface area contributed by atoms with Crippen molar-refractivity contribution in [3.05, 3.63) is 28.8 Å². The summed E-state index contributed by atoms with van der Waals surface area (Å²) >= 11 is 5.87. The van der Waals surface area contributed by atoms with Crippen molar-refractivity contribution < 1.29 is 22.7 Å². The van der Waals surface area contributed by atoms with Gasteiger partial charge in [0.15, 0.2) is 6.10 Å². The van der Waals surface area contributed by atoms with Gasteiger partial charge in [0.25, 0.3) is 5.91 Å². The number of hydrogen-bond acceptors (Lipinski definition) is 4. The Labute approximate surface area is 155 Å². The van der Waals surface area contributed by atoms with Crippen LogP contribution in [0.3, 0.4) is 0 Å². The number of ether oxygens (including phenoxy) is 1. The third-order valence-corrected chi connectivity index (χ3v) is 4.48. The van der Waals surface area contributed by atoms with Crippen LogP contribution in [0.5, 0.6) is 5.75 Å². The van der Waals surface area contributed by atoms with E-state index >= 15 is 0 Å². The van der Waals surface area contributed by atoms with E-state index in [-0.39, 0.29) is 13.1 Å². The number of carbonyl (C=O) groups excluding carboxylic acids is 1. The maximum Gasteiger partial charge on any atom is 0.405 e. The fourth-order valence-corrected chi connectivity index (χ4v) is 3.00. The van der Waals surface area contributed by atoms with Crippen LogP contribution < -0.4 is 15.4 Å². The van der Waals surface area contributed by atoms with E-state index in [1.165, 1.54) is 11.8 Å². The molecule has 0 saturated carbocycles. The van der Waals surface area contributed by atoms with Gasteiger partial charge in [0.1, 0.15) is 11.8 Å². The highest BCUT2D eigenvalue weighted by atomic mass is 35.5. The molecule has 1 heterocycles. The molecule has 0 aromatic heterocycles. The largest absolute Gasteiger partial charge is 0.481 e. The van der Waals surface area contributed by atoms with E-state index < -0.39 is 30.8 Å². The molecule has 2 N–H and O–H groups in total. The van der Waals surface area contributed by atoms with Crippen molar-refractivity contribution in [2.45, 2.75) is 32.2 Å². The predicted molar refractivity (Wildman–Crippen MR) is 93.6 cm³/mol. The molecule has 9 heteroatoms. The van der Waals surface area contributed by atoms with Crippen LogP contribution in [0.25, 0.3) is 0 Å². The Balaban J connectivity index is 1.93. The van der Waals surface area contributed by atoms with Crippen LogP contribution in [-0.2, 0) is 4.79 Å². The summed E-state index contributed by atoms with van der Waals surface area (Å²) in [4.78, 5) is 13.5. The molecule has 0 aliphatic carbocycles. The number of halogens is 4. The average Bonchev–Trinajstić information content (AvgIpc) is 2.57. The lowest BCUT2D eigenvalue weighted by molar-refractivity contribution is -0.184. The zero-order valence-electron chi connectivity index (χ0n) is 14.7. The first kappa shape index (κ1) is 20.8. The molecule has 1 aliphatic heterocycles. The van der Waals surface area contributed by atoms with E-state index in [9.17, 15) is 18.0 Å². The van der Waals surface area contributed by atoms with Crippen molar-refractivity contribution in [2.75, 3.05) is 32.7 Å². The highest BCUT2D eigenvalue weighted by Gasteiger charge is 2.44. The predicted octanol–water partition coefficient (Wildman–Crippen LogP) is 2.37. The first-order valence-corrected chi connectivity index (χ1v) is 8.78. The van der Waals surface area contributed by atoms with Gasteiger partial charge in [0, 0.05) is 37.7 Å². The Bertz CT molecular complexity index is 622. The molecule has 1 aliphatic rings. The van der Waals surface area contributed by atoms with Gasteiger partial charge in [-0.3, -0.25) is 9.69 Å². The molecule has 2 unspecified atom stereocenters. The molecule has 0 radical (unpaired) electrons. The van der Waals surface area contributed by atoms with Gasteiger partial charge in [-0.25, -0.2) is 0 Å². The molecule has 2 rings (SSSR count). The molecule has 146 valence electrons. The Morgan fingerprint density at radius 3 is 2.62 bits per heavy atom. The molecule has 5 nitrogen and oxygen atoms in total. The van der Waals surface area contributed by atoms with Gasteiger partial charge < -0.3 is 15.4 Å². The molecular weight excluding hydrogens is 371 g/mol. The van der Waals surface area contributed by atoms with Gasteiger partial charge in [-0.1, -0.05) is 11.6 Å². The quantitative estimate of drug-likeness (QED) is 0.779. The first-order chi connectivity index (χ1) is 12.2. The van der Waals surface area contributed by atoms with Gasteiger partial charge in [-0.2, -0.15) is 13.2 Å². The topological polar surface area (TPSA) is 53.6 Å². The molecule has 0 bridgehead atoms. The molecule has 26 heavy (non-hydrogen) atoms. The van der Waals surface area contributed by atoms with Crippen molar-refractivity contribution >= 4 is 17.5 Å². The molecule has 0 spiro atoms. The summed E-state index contributed by atoms with van der Waals surface area (Å²) in [7, 11) is 0. The van der Waals surface area contributed by atoms with Crippen LogP contribution in [0.4, 0.5) is 13.2 Å². The Hall–Kier alpha value is -1.51. The molecule has 2 atom stereocenters. The lowest BCUT2D eigenvalue weighted by Gasteiger charge is -2.36. The maximum absolute atomic E-state index is 13.3. The minimum absolute atomic E-state index is 0.288. The average molecular weight is 394 g/mol. The fraction of sp³-hybridized carbons (Fsp3) is 0.588. The van der Waals surface area contributed by atoms with Gasteiger partial charge in [0.05, 0.1) is 0 Å². The molecule has 1 aromatic rings. The smallest absolute Gasteiger partial charge is 0.405 e. The van der Waals surface area contributed by atoms with Gasteiger partial charge in [-0.15, -0.1) is 0 Å². The summed E-state index contributed by atoms with van der Waals surface area (Å²) in [5, 5.41) is 5.92. The molecule has 1 amide bonds. The first-order valence-electron chi connectivity index (χ1n) is 8.40. The number of alkyl halides is 3. The fourth-order valence-electron chi connectivity index (χ4n) is 2.78. The SMILES string of the molecule is Cc1cc(Cl)ccc1OC(C)C(=O)NCC(N1CCNCC1)C(F)(F)F. The minimum atomic E-state index is -4.42. The lowest BCUT2D eigenvalue weighted by Crippen LogP contribution is -2.58. The molecule has 1 aromatic carbocycles. The number of aryl methyl sites for hydroxylation is 1. The maximum atomic E-state index is 13.3. The van der Waals surface area contributed by atoms with E-state index in [0.29, 0.717) is 23.9 Å². The van der Waals surface area contributed by atoms with Crippen molar-refractivity contribution in [1.29, 1.82) is 0 Å². The van der Waals surface area contributed by atoms with E-state index in [2.05, 4.69) is 10.6 Å². The summed E-state index contributed by atoms with van der Waals surface area (Å²) in [5.74, 6) is -0.129. The monoisotopic (exact) mass is 393 g/mol. The van der Waals surface area contributed by atoms with Crippen molar-refractivity contribution in [3.63, 3.8) is 0 Å². The van der Waals surface area contributed by atoms with Crippen LogP contribution in [0.2, 0.25) is 5.02 Å². The second-order valence-electron chi connectivity index (χ2n) is 6.26. The highest BCUT2D eigenvalue weighted by Crippen LogP contribution is 2.25. The third-order valence-electron chi connectivity index (χ3n) is 4.25. The third kappa shape index (κ3) is 5.75. The highest BCUT2D eigenvalue weighted by molar-refractivity contribution is 6.30. The normalized spacial score (nSPS) is 18.2. The van der Waals surface area contributed by atoms with Gasteiger partial charge >= 0.3 is 6.18 Å². The Kier molecular flexibility index (Phi) is 7.14. The number of carbonyl (C=O) groups is 1. The summed E-state index contributed by atoms with van der Waals surface area (Å²) in [6.07, 6.45) is -5.34. The van der Waals surface area contributed by atoms with E-state index in [1.54, 1.807) is 25.1 Å². The summed E-state index contributed by atoms with van der Waals surface area (Å²) in [6, 6.07) is 3.23. The number of nitrogens with zero attached hydrogens (tertiary/aromatic N) is 1. The number of amides is 1.